The van der Waals surface area contributed by atoms with Gasteiger partial charge in [0, 0.05) is 18.5 Å². The average Bonchev–Trinajstić information content (AvgIpc) is 2.54. The first-order valence-corrected chi connectivity index (χ1v) is 6.60. The normalized spacial score (nSPS) is 15.3. The Hall–Kier alpha value is -2.14. The summed E-state index contributed by atoms with van der Waals surface area (Å²) in [5, 5.41) is 0.935. The first-order valence-electron chi connectivity index (χ1n) is 6.60. The van der Waals surface area contributed by atoms with E-state index in [4.69, 9.17) is 9.47 Å². The van der Waals surface area contributed by atoms with Crippen molar-refractivity contribution in [2.24, 2.45) is 0 Å². The van der Waals surface area contributed by atoms with Crippen molar-refractivity contribution in [1.82, 2.24) is 4.98 Å². The lowest BCUT2D eigenvalue weighted by atomic mass is 10.1. The van der Waals surface area contributed by atoms with Gasteiger partial charge in [-0.2, -0.15) is 0 Å². The molecule has 1 aliphatic heterocycles. The molecule has 1 fully saturated rings. The van der Waals surface area contributed by atoms with Gasteiger partial charge in [0.2, 0.25) is 0 Å². The van der Waals surface area contributed by atoms with E-state index in [1.165, 1.54) is 7.11 Å². The van der Waals surface area contributed by atoms with Crippen LogP contribution in [0.5, 0.6) is 0 Å². The highest BCUT2D eigenvalue weighted by Gasteiger charge is 2.13. The number of esters is 1. The van der Waals surface area contributed by atoms with E-state index in [0.29, 0.717) is 5.56 Å². The molecule has 1 aromatic carbocycles. The summed E-state index contributed by atoms with van der Waals surface area (Å²) in [5.74, 6) is 0.621. The molecule has 5 heteroatoms. The molecule has 0 amide bonds. The number of fused-ring (bicyclic) bond motifs is 1. The van der Waals surface area contributed by atoms with E-state index in [2.05, 4.69) is 9.88 Å². The number of rotatable bonds is 2. The van der Waals surface area contributed by atoms with Gasteiger partial charge >= 0.3 is 5.97 Å². The smallest absolute Gasteiger partial charge is 0.337 e. The number of anilines is 1. The maximum Gasteiger partial charge on any atom is 0.337 e. The molecule has 0 N–H and O–H groups in total. The van der Waals surface area contributed by atoms with Crippen LogP contribution in [0, 0.1) is 0 Å². The van der Waals surface area contributed by atoms with E-state index >= 15 is 0 Å². The summed E-state index contributed by atoms with van der Waals surface area (Å²) in [6.45, 7) is 3.19. The van der Waals surface area contributed by atoms with Crippen molar-refractivity contribution in [1.29, 1.82) is 0 Å². The first kappa shape index (κ1) is 12.9. The van der Waals surface area contributed by atoms with Crippen molar-refractivity contribution in [2.45, 2.75) is 0 Å². The molecule has 0 aliphatic carbocycles. The van der Waals surface area contributed by atoms with Crippen LogP contribution in [-0.2, 0) is 9.47 Å². The third-order valence-electron chi connectivity index (χ3n) is 3.43. The topological polar surface area (TPSA) is 51.7 Å². The molecule has 5 nitrogen and oxygen atoms in total. The summed E-state index contributed by atoms with van der Waals surface area (Å²) in [6.07, 6.45) is 0. The zero-order chi connectivity index (χ0) is 13.9. The molecular weight excluding hydrogens is 256 g/mol. The van der Waals surface area contributed by atoms with E-state index in [1.807, 2.05) is 18.2 Å². The molecule has 0 unspecified atom stereocenters. The third-order valence-corrected chi connectivity index (χ3v) is 3.43. The number of pyridine rings is 1. The van der Waals surface area contributed by atoms with Crippen LogP contribution < -0.4 is 4.90 Å². The maximum absolute atomic E-state index is 11.5. The molecule has 2 heterocycles. The lowest BCUT2D eigenvalue weighted by molar-refractivity contribution is 0.0601. The van der Waals surface area contributed by atoms with Gasteiger partial charge in [-0.25, -0.2) is 9.78 Å². The van der Waals surface area contributed by atoms with Gasteiger partial charge in [-0.3, -0.25) is 0 Å². The van der Waals surface area contributed by atoms with E-state index in [0.717, 1.165) is 43.0 Å². The molecule has 3 rings (SSSR count). The Kier molecular flexibility index (Phi) is 3.52. The van der Waals surface area contributed by atoms with Crippen LogP contribution in [0.1, 0.15) is 10.4 Å². The van der Waals surface area contributed by atoms with Gasteiger partial charge in [-0.15, -0.1) is 0 Å². The summed E-state index contributed by atoms with van der Waals surface area (Å²) in [6, 6.07) is 9.36. The number of aromatic nitrogens is 1. The maximum atomic E-state index is 11.5. The van der Waals surface area contributed by atoms with Crippen LogP contribution in [0.4, 0.5) is 5.82 Å². The minimum Gasteiger partial charge on any atom is -0.465 e. The fourth-order valence-corrected chi connectivity index (χ4v) is 2.33. The first-order chi connectivity index (χ1) is 9.78. The van der Waals surface area contributed by atoms with Gasteiger partial charge in [0.1, 0.15) is 5.82 Å². The summed E-state index contributed by atoms with van der Waals surface area (Å²) < 4.78 is 10.1. The molecule has 2 aromatic rings. The molecule has 20 heavy (non-hydrogen) atoms. The molecule has 0 bridgehead atoms. The molecule has 0 saturated carbocycles. The number of hydrogen-bond donors (Lipinski definition) is 0. The fraction of sp³-hybridized carbons (Fsp3) is 0.333. The molecule has 0 radical (unpaired) electrons. The van der Waals surface area contributed by atoms with Crippen molar-refractivity contribution in [3.05, 3.63) is 35.9 Å². The monoisotopic (exact) mass is 272 g/mol. The summed E-state index contributed by atoms with van der Waals surface area (Å²) >= 11 is 0. The predicted octanol–water partition coefficient (Wildman–Crippen LogP) is 1.86. The quantitative estimate of drug-likeness (QED) is 0.781. The van der Waals surface area contributed by atoms with E-state index < -0.39 is 0 Å². The predicted molar refractivity (Wildman–Crippen MR) is 76.1 cm³/mol. The van der Waals surface area contributed by atoms with Crippen molar-refractivity contribution in [3.63, 3.8) is 0 Å². The Morgan fingerprint density at radius 2 is 2.05 bits per heavy atom. The van der Waals surface area contributed by atoms with Gasteiger partial charge in [-0.05, 0) is 30.3 Å². The Morgan fingerprint density at radius 3 is 2.80 bits per heavy atom. The molecule has 1 saturated heterocycles. The Labute approximate surface area is 117 Å². The van der Waals surface area contributed by atoms with Crippen molar-refractivity contribution >= 4 is 22.7 Å². The fourth-order valence-electron chi connectivity index (χ4n) is 2.33. The van der Waals surface area contributed by atoms with Crippen molar-refractivity contribution < 1.29 is 14.3 Å². The summed E-state index contributed by atoms with van der Waals surface area (Å²) in [4.78, 5) is 18.4. The number of morpholine rings is 1. The number of hydrogen-bond acceptors (Lipinski definition) is 5. The second-order valence-corrected chi connectivity index (χ2v) is 4.67. The second-order valence-electron chi connectivity index (χ2n) is 4.67. The minimum atomic E-state index is -0.329. The lowest BCUT2D eigenvalue weighted by Gasteiger charge is -2.27. The second kappa shape index (κ2) is 5.46. The van der Waals surface area contributed by atoms with Crippen LogP contribution in [0.2, 0.25) is 0 Å². The zero-order valence-corrected chi connectivity index (χ0v) is 11.3. The number of nitrogens with zero attached hydrogens (tertiary/aromatic N) is 2. The van der Waals surface area contributed by atoms with E-state index in [-0.39, 0.29) is 5.97 Å². The minimum absolute atomic E-state index is 0.329. The number of carbonyl (C=O) groups is 1. The van der Waals surface area contributed by atoms with Gasteiger partial charge in [-0.1, -0.05) is 0 Å². The summed E-state index contributed by atoms with van der Waals surface area (Å²) in [7, 11) is 1.38. The van der Waals surface area contributed by atoms with Crippen LogP contribution in [-0.4, -0.2) is 44.4 Å². The van der Waals surface area contributed by atoms with E-state index in [9.17, 15) is 4.79 Å². The van der Waals surface area contributed by atoms with E-state index in [1.54, 1.807) is 12.1 Å². The molecule has 0 atom stereocenters. The molecule has 1 aromatic heterocycles. The van der Waals surface area contributed by atoms with Gasteiger partial charge in [0.15, 0.2) is 0 Å². The van der Waals surface area contributed by atoms with Crippen molar-refractivity contribution in [3.8, 4) is 0 Å². The average molecular weight is 272 g/mol. The lowest BCUT2D eigenvalue weighted by Crippen LogP contribution is -2.36. The number of ether oxygens (including phenoxy) is 2. The number of methoxy groups -OCH3 is 1. The zero-order valence-electron chi connectivity index (χ0n) is 11.3. The number of benzene rings is 1. The van der Waals surface area contributed by atoms with Gasteiger partial charge in [0.05, 0.1) is 31.4 Å². The molecule has 104 valence electrons. The molecule has 1 aliphatic rings. The van der Waals surface area contributed by atoms with Crippen LogP contribution in [0.3, 0.4) is 0 Å². The molecular formula is C15H16N2O3. The Morgan fingerprint density at radius 1 is 1.25 bits per heavy atom. The van der Waals surface area contributed by atoms with Gasteiger partial charge < -0.3 is 14.4 Å². The third kappa shape index (κ3) is 2.44. The highest BCUT2D eigenvalue weighted by molar-refractivity contribution is 5.94. The Bertz CT molecular complexity index is 636. The highest BCUT2D eigenvalue weighted by atomic mass is 16.5. The highest BCUT2D eigenvalue weighted by Crippen LogP contribution is 2.20. The standard InChI is InChI=1S/C15H16N2O3/c1-19-15(18)12-2-4-13-11(10-12)3-5-14(16-13)17-6-8-20-9-7-17/h2-5,10H,6-9H2,1H3. The van der Waals surface area contributed by atoms with Crippen LogP contribution in [0.25, 0.3) is 10.9 Å². The number of carbonyl (C=O) groups excluding carboxylic acids is 1. The van der Waals surface area contributed by atoms with Crippen LogP contribution >= 0.6 is 0 Å². The summed E-state index contributed by atoms with van der Waals surface area (Å²) in [5.41, 5.74) is 1.42. The largest absolute Gasteiger partial charge is 0.465 e. The van der Waals surface area contributed by atoms with Gasteiger partial charge in [0.25, 0.3) is 0 Å². The van der Waals surface area contributed by atoms with Crippen molar-refractivity contribution in [2.75, 3.05) is 38.3 Å². The van der Waals surface area contributed by atoms with Crippen LogP contribution in [0.15, 0.2) is 30.3 Å². The molecule has 0 spiro atoms. The Balaban J connectivity index is 1.93. The SMILES string of the molecule is COC(=O)c1ccc2nc(N3CCOCC3)ccc2c1.